The van der Waals surface area contributed by atoms with Gasteiger partial charge in [-0.3, -0.25) is 4.90 Å². The first-order valence-electron chi connectivity index (χ1n) is 11.7. The van der Waals surface area contributed by atoms with Crippen LogP contribution in [0.4, 0.5) is 0 Å². The van der Waals surface area contributed by atoms with Crippen molar-refractivity contribution in [3.8, 4) is 11.5 Å². The molecule has 0 saturated carbocycles. The van der Waals surface area contributed by atoms with E-state index in [1.165, 1.54) is 24.1 Å². The largest absolute Gasteiger partial charge is 0.493 e. The van der Waals surface area contributed by atoms with Gasteiger partial charge in [-0.1, -0.05) is 42.3 Å². The number of methoxy groups -OCH3 is 2. The molecule has 2 aromatic carbocycles. The molecule has 172 valence electrons. The highest BCUT2D eigenvalue weighted by atomic mass is 79.9. The van der Waals surface area contributed by atoms with E-state index >= 15 is 0 Å². The molecule has 32 heavy (non-hydrogen) atoms. The minimum Gasteiger partial charge on any atom is -0.493 e. The predicted molar refractivity (Wildman–Crippen MR) is 135 cm³/mol. The summed E-state index contributed by atoms with van der Waals surface area (Å²) in [4.78, 5) is 2.71. The summed E-state index contributed by atoms with van der Waals surface area (Å²) in [5.41, 5.74) is 9.15. The molecule has 3 aliphatic heterocycles. The Morgan fingerprint density at radius 3 is 2.53 bits per heavy atom. The van der Waals surface area contributed by atoms with Gasteiger partial charge in [-0.15, -0.1) is 17.0 Å². The Morgan fingerprint density at radius 1 is 0.969 bits per heavy atom. The molecule has 3 aliphatic rings. The normalized spacial score (nSPS) is 22.3. The lowest BCUT2D eigenvalue weighted by atomic mass is 9.80. The van der Waals surface area contributed by atoms with Crippen molar-refractivity contribution in [3.63, 3.8) is 0 Å². The number of hydrogen-bond donors (Lipinski definition) is 1. The molecule has 0 radical (unpaired) electrons. The van der Waals surface area contributed by atoms with Gasteiger partial charge >= 0.3 is 0 Å². The molecule has 0 bridgehead atoms. The van der Waals surface area contributed by atoms with Crippen LogP contribution in [0.3, 0.4) is 0 Å². The minimum absolute atomic E-state index is 0. The van der Waals surface area contributed by atoms with Crippen LogP contribution in [0.2, 0.25) is 0 Å². The highest BCUT2D eigenvalue weighted by Gasteiger charge is 2.34. The van der Waals surface area contributed by atoms with E-state index in [0.29, 0.717) is 12.1 Å². The zero-order chi connectivity index (χ0) is 21.4. The third kappa shape index (κ3) is 4.23. The van der Waals surface area contributed by atoms with Crippen LogP contribution in [0.5, 0.6) is 11.5 Å². The molecule has 0 saturated heterocycles. The van der Waals surface area contributed by atoms with Crippen molar-refractivity contribution in [1.82, 2.24) is 10.2 Å². The summed E-state index contributed by atoms with van der Waals surface area (Å²) in [5, 5.41) is 3.80. The van der Waals surface area contributed by atoms with Gasteiger partial charge in [-0.25, -0.2) is 0 Å². The van der Waals surface area contributed by atoms with Crippen LogP contribution in [-0.2, 0) is 12.8 Å². The van der Waals surface area contributed by atoms with Crippen molar-refractivity contribution in [2.45, 2.75) is 51.1 Å². The molecule has 0 aliphatic carbocycles. The minimum atomic E-state index is 0. The molecule has 1 N–H and O–H groups in total. The van der Waals surface area contributed by atoms with Crippen molar-refractivity contribution >= 4 is 17.0 Å². The standard InChI is InChI=1S/C27H34N2O2.BrH/c1-4-18-17-29-12-10-19-7-5-6-8-22(19)25(29)14-21(18)13-24-23-16-27(31-3)26(30-2)15-20(23)9-11-28-24;/h5-8,15-16,24-25,28H,4,9-14,17H2,1-3H3;1H. The Bertz CT molecular complexity index is 1000. The van der Waals surface area contributed by atoms with Gasteiger partial charge in [0, 0.05) is 25.2 Å². The Balaban J connectivity index is 0.00000245. The van der Waals surface area contributed by atoms with Gasteiger partial charge in [-0.05, 0) is 73.0 Å². The maximum Gasteiger partial charge on any atom is 0.161 e. The summed E-state index contributed by atoms with van der Waals surface area (Å²) in [6, 6.07) is 14.3. The van der Waals surface area contributed by atoms with E-state index in [1.807, 2.05) is 0 Å². The van der Waals surface area contributed by atoms with Crippen LogP contribution in [-0.4, -0.2) is 38.8 Å². The molecule has 0 aromatic heterocycles. The number of nitrogens with zero attached hydrogens (tertiary/aromatic N) is 1. The quantitative estimate of drug-likeness (QED) is 0.546. The average Bonchev–Trinajstić information content (AvgIpc) is 2.82. The number of hydrogen-bond acceptors (Lipinski definition) is 4. The molecule has 0 fully saturated rings. The average molecular weight is 499 g/mol. The van der Waals surface area contributed by atoms with Crippen LogP contribution in [0.15, 0.2) is 47.5 Å². The third-order valence-electron chi connectivity index (χ3n) is 7.54. The van der Waals surface area contributed by atoms with Crippen molar-refractivity contribution < 1.29 is 9.47 Å². The zero-order valence-electron chi connectivity index (χ0n) is 19.4. The smallest absolute Gasteiger partial charge is 0.161 e. The van der Waals surface area contributed by atoms with Crippen LogP contribution in [0.25, 0.3) is 0 Å². The maximum absolute atomic E-state index is 5.62. The summed E-state index contributed by atoms with van der Waals surface area (Å²) in [6.07, 6.45) is 5.60. The first-order chi connectivity index (χ1) is 15.2. The fraction of sp³-hybridized carbons (Fsp3) is 0.481. The topological polar surface area (TPSA) is 33.7 Å². The highest BCUT2D eigenvalue weighted by molar-refractivity contribution is 8.93. The summed E-state index contributed by atoms with van der Waals surface area (Å²) in [5.74, 6) is 1.66. The maximum atomic E-state index is 5.62. The summed E-state index contributed by atoms with van der Waals surface area (Å²) in [6.45, 7) is 5.64. The van der Waals surface area contributed by atoms with Crippen LogP contribution < -0.4 is 14.8 Å². The summed E-state index contributed by atoms with van der Waals surface area (Å²) < 4.78 is 11.2. The van der Waals surface area contributed by atoms with Gasteiger partial charge in [-0.2, -0.15) is 0 Å². The number of rotatable bonds is 5. The Kier molecular flexibility index (Phi) is 7.28. The Hall–Kier alpha value is -1.82. The molecule has 2 unspecified atom stereocenters. The fourth-order valence-corrected chi connectivity index (χ4v) is 5.85. The predicted octanol–water partition coefficient (Wildman–Crippen LogP) is 5.57. The molecule has 3 heterocycles. The van der Waals surface area contributed by atoms with Gasteiger partial charge in [0.05, 0.1) is 14.2 Å². The lowest BCUT2D eigenvalue weighted by Gasteiger charge is -2.43. The molecule has 4 nitrogen and oxygen atoms in total. The Morgan fingerprint density at radius 2 is 1.75 bits per heavy atom. The second-order valence-electron chi connectivity index (χ2n) is 9.07. The third-order valence-corrected chi connectivity index (χ3v) is 7.54. The molecular formula is C27H35BrN2O2. The van der Waals surface area contributed by atoms with Crippen molar-refractivity contribution in [1.29, 1.82) is 0 Å². The van der Waals surface area contributed by atoms with Gasteiger partial charge in [0.2, 0.25) is 0 Å². The monoisotopic (exact) mass is 498 g/mol. The van der Waals surface area contributed by atoms with E-state index in [2.05, 4.69) is 53.5 Å². The molecule has 2 atom stereocenters. The second-order valence-corrected chi connectivity index (χ2v) is 9.07. The molecule has 5 rings (SSSR count). The number of ether oxygens (including phenoxy) is 2. The van der Waals surface area contributed by atoms with E-state index in [4.69, 9.17) is 9.47 Å². The van der Waals surface area contributed by atoms with Crippen LogP contribution >= 0.6 is 17.0 Å². The number of nitrogens with one attached hydrogen (secondary N) is 1. The summed E-state index contributed by atoms with van der Waals surface area (Å²) in [7, 11) is 3.44. The SMILES string of the molecule is Br.CCC1=C(CC2NCCc3cc(OC)c(OC)cc32)CC2c3ccccc3CCN2C1. The van der Waals surface area contributed by atoms with E-state index in [9.17, 15) is 0 Å². The molecular weight excluding hydrogens is 464 g/mol. The second kappa shape index (κ2) is 9.98. The fourth-order valence-electron chi connectivity index (χ4n) is 5.85. The van der Waals surface area contributed by atoms with E-state index in [1.54, 1.807) is 36.5 Å². The van der Waals surface area contributed by atoms with Gasteiger partial charge in [0.1, 0.15) is 0 Å². The number of fused-ring (bicyclic) bond motifs is 4. The van der Waals surface area contributed by atoms with Gasteiger partial charge < -0.3 is 14.8 Å². The molecule has 0 spiro atoms. The Labute approximate surface area is 202 Å². The van der Waals surface area contributed by atoms with Crippen LogP contribution in [0, 0.1) is 0 Å². The van der Waals surface area contributed by atoms with Crippen LogP contribution in [0.1, 0.15) is 60.5 Å². The van der Waals surface area contributed by atoms with Gasteiger partial charge in [0.25, 0.3) is 0 Å². The van der Waals surface area contributed by atoms with Gasteiger partial charge in [0.15, 0.2) is 11.5 Å². The molecule has 0 amide bonds. The lowest BCUT2D eigenvalue weighted by Crippen LogP contribution is -2.40. The van der Waals surface area contributed by atoms with E-state index in [-0.39, 0.29) is 17.0 Å². The first kappa shape index (κ1) is 23.3. The molecule has 2 aromatic rings. The highest BCUT2D eigenvalue weighted by Crippen LogP contribution is 2.43. The molecule has 5 heteroatoms. The number of halogens is 1. The van der Waals surface area contributed by atoms with Crippen molar-refractivity contribution in [2.24, 2.45) is 0 Å². The van der Waals surface area contributed by atoms with E-state index < -0.39 is 0 Å². The summed E-state index contributed by atoms with van der Waals surface area (Å²) >= 11 is 0. The van der Waals surface area contributed by atoms with Crippen molar-refractivity contribution in [2.75, 3.05) is 33.9 Å². The lowest BCUT2D eigenvalue weighted by molar-refractivity contribution is 0.182. The van der Waals surface area contributed by atoms with Crippen molar-refractivity contribution in [3.05, 3.63) is 69.8 Å². The van der Waals surface area contributed by atoms with E-state index in [0.717, 1.165) is 50.3 Å². The zero-order valence-corrected chi connectivity index (χ0v) is 21.2. The number of benzene rings is 2. The first-order valence-corrected chi connectivity index (χ1v) is 11.7.